The summed E-state index contributed by atoms with van der Waals surface area (Å²) in [4.78, 5) is 27.0. The zero-order chi connectivity index (χ0) is 21.3. The van der Waals surface area contributed by atoms with E-state index >= 15 is 0 Å². The predicted octanol–water partition coefficient (Wildman–Crippen LogP) is 2.70. The molecule has 8 nitrogen and oxygen atoms in total. The fraction of sp³-hybridized carbons (Fsp3) is 0.227. The largest absolute Gasteiger partial charge is 0.454 e. The lowest BCUT2D eigenvalue weighted by molar-refractivity contribution is -0.117. The summed E-state index contributed by atoms with van der Waals surface area (Å²) in [5, 5.41) is 10.9. The van der Waals surface area contributed by atoms with E-state index in [2.05, 4.69) is 35.4 Å². The molecule has 0 unspecified atom stereocenters. The number of likely N-dealkylation sites (N-methyl/N-ethyl adjacent to an activating group) is 1. The van der Waals surface area contributed by atoms with Gasteiger partial charge in [0.15, 0.2) is 12.4 Å². The highest BCUT2D eigenvalue weighted by molar-refractivity contribution is 5.96. The van der Waals surface area contributed by atoms with Crippen LogP contribution in [-0.2, 0) is 14.9 Å². The maximum absolute atomic E-state index is 12.6. The summed E-state index contributed by atoms with van der Waals surface area (Å²) in [6, 6.07) is 14.7. The van der Waals surface area contributed by atoms with E-state index in [0.717, 1.165) is 16.9 Å². The van der Waals surface area contributed by atoms with E-state index in [4.69, 9.17) is 4.74 Å². The zero-order valence-electron chi connectivity index (χ0n) is 16.9. The van der Waals surface area contributed by atoms with E-state index in [1.165, 1.54) is 11.0 Å². The Bertz CT molecular complexity index is 1140. The van der Waals surface area contributed by atoms with Crippen LogP contribution in [-0.4, -0.2) is 45.6 Å². The molecule has 1 aromatic heterocycles. The van der Waals surface area contributed by atoms with Gasteiger partial charge in [-0.3, -0.25) is 4.79 Å². The SMILES string of the molecule is CN1/C(=C\C(=O)COC(=O)c2cccc(-n3cnnn3)c2)C(C)(C)c2ccccc21. The summed E-state index contributed by atoms with van der Waals surface area (Å²) in [7, 11) is 1.93. The molecule has 0 fully saturated rings. The van der Waals surface area contributed by atoms with Gasteiger partial charge in [0, 0.05) is 29.9 Å². The van der Waals surface area contributed by atoms with E-state index in [-0.39, 0.29) is 17.8 Å². The van der Waals surface area contributed by atoms with E-state index in [0.29, 0.717) is 11.3 Å². The molecular weight excluding hydrogens is 382 g/mol. The summed E-state index contributed by atoms with van der Waals surface area (Å²) in [6.45, 7) is 3.81. The van der Waals surface area contributed by atoms with Crippen molar-refractivity contribution in [2.45, 2.75) is 19.3 Å². The number of rotatable bonds is 5. The monoisotopic (exact) mass is 403 g/mol. The number of tetrazole rings is 1. The standard InChI is InChI=1S/C22H21N5O3/c1-22(2)18-9-4-5-10-19(18)26(3)20(22)12-17(28)13-30-21(29)15-7-6-8-16(11-15)27-14-23-24-25-27/h4-12,14H,13H2,1-3H3/b20-12-. The lowest BCUT2D eigenvalue weighted by Gasteiger charge is -2.23. The Hall–Kier alpha value is -3.81. The predicted molar refractivity (Wildman–Crippen MR) is 110 cm³/mol. The second-order valence-corrected chi connectivity index (χ2v) is 7.58. The van der Waals surface area contributed by atoms with Crippen LogP contribution in [0.25, 0.3) is 5.69 Å². The Balaban J connectivity index is 1.46. The van der Waals surface area contributed by atoms with E-state index in [1.807, 2.05) is 30.1 Å². The van der Waals surface area contributed by atoms with Gasteiger partial charge < -0.3 is 9.64 Å². The summed E-state index contributed by atoms with van der Waals surface area (Å²) in [5.41, 5.74) is 3.71. The van der Waals surface area contributed by atoms with Crippen molar-refractivity contribution >= 4 is 17.4 Å². The number of aromatic nitrogens is 4. The summed E-state index contributed by atoms with van der Waals surface area (Å²) in [5.74, 6) is -0.860. The Kier molecular flexibility index (Phi) is 4.91. The second kappa shape index (κ2) is 7.55. The average molecular weight is 403 g/mol. The first-order valence-corrected chi connectivity index (χ1v) is 9.47. The molecule has 0 bridgehead atoms. The van der Waals surface area contributed by atoms with Gasteiger partial charge in [-0.2, -0.15) is 0 Å². The summed E-state index contributed by atoms with van der Waals surface area (Å²) >= 11 is 0. The smallest absolute Gasteiger partial charge is 0.338 e. The van der Waals surface area contributed by atoms with Crippen molar-refractivity contribution in [2.24, 2.45) is 0 Å². The molecule has 2 heterocycles. The van der Waals surface area contributed by atoms with Crippen LogP contribution in [0.3, 0.4) is 0 Å². The van der Waals surface area contributed by atoms with Crippen LogP contribution in [0.1, 0.15) is 29.8 Å². The van der Waals surface area contributed by atoms with Gasteiger partial charge in [0.2, 0.25) is 0 Å². The van der Waals surface area contributed by atoms with Gasteiger partial charge >= 0.3 is 5.97 Å². The molecule has 0 spiro atoms. The number of carbonyl (C=O) groups excluding carboxylic acids is 2. The molecule has 1 aliphatic heterocycles. The first-order valence-electron chi connectivity index (χ1n) is 9.47. The van der Waals surface area contributed by atoms with E-state index in [9.17, 15) is 9.59 Å². The quantitative estimate of drug-likeness (QED) is 0.478. The first-order chi connectivity index (χ1) is 14.4. The maximum atomic E-state index is 12.6. The van der Waals surface area contributed by atoms with E-state index < -0.39 is 5.97 Å². The molecule has 0 N–H and O–H groups in total. The van der Waals surface area contributed by atoms with Gasteiger partial charge in [0.05, 0.1) is 11.3 Å². The molecule has 1 aliphatic rings. The molecule has 0 radical (unpaired) electrons. The van der Waals surface area contributed by atoms with Crippen LogP contribution in [0.4, 0.5) is 5.69 Å². The van der Waals surface area contributed by atoms with Crippen LogP contribution in [0.15, 0.2) is 66.6 Å². The minimum absolute atomic E-state index is 0.275. The third-order valence-corrected chi connectivity index (χ3v) is 5.28. The number of nitrogens with zero attached hydrogens (tertiary/aromatic N) is 5. The molecule has 30 heavy (non-hydrogen) atoms. The van der Waals surface area contributed by atoms with Crippen LogP contribution in [0.2, 0.25) is 0 Å². The number of ether oxygens (including phenoxy) is 1. The molecule has 4 rings (SSSR count). The minimum atomic E-state index is -0.584. The van der Waals surface area contributed by atoms with Gasteiger partial charge in [0.25, 0.3) is 0 Å². The number of allylic oxidation sites excluding steroid dienone is 1. The molecule has 152 valence electrons. The minimum Gasteiger partial charge on any atom is -0.454 e. The molecule has 0 amide bonds. The Morgan fingerprint density at radius 3 is 2.67 bits per heavy atom. The van der Waals surface area contributed by atoms with Crippen molar-refractivity contribution < 1.29 is 14.3 Å². The molecular formula is C22H21N5O3. The zero-order valence-corrected chi connectivity index (χ0v) is 16.9. The lowest BCUT2D eigenvalue weighted by atomic mass is 9.83. The summed E-state index contributed by atoms with van der Waals surface area (Å²) in [6.07, 6.45) is 2.99. The number of carbonyl (C=O) groups is 2. The lowest BCUT2D eigenvalue weighted by Crippen LogP contribution is -2.25. The maximum Gasteiger partial charge on any atom is 0.338 e. The van der Waals surface area contributed by atoms with Crippen molar-refractivity contribution in [3.8, 4) is 5.69 Å². The van der Waals surface area contributed by atoms with Crippen LogP contribution in [0.5, 0.6) is 0 Å². The van der Waals surface area contributed by atoms with Gasteiger partial charge in [-0.05, 0) is 40.3 Å². The van der Waals surface area contributed by atoms with Crippen molar-refractivity contribution in [1.82, 2.24) is 20.2 Å². The Morgan fingerprint density at radius 1 is 1.13 bits per heavy atom. The number of fused-ring (bicyclic) bond motifs is 1. The number of para-hydroxylation sites is 1. The molecule has 3 aromatic rings. The molecule has 2 aromatic carbocycles. The number of anilines is 1. The Morgan fingerprint density at radius 2 is 1.93 bits per heavy atom. The number of hydrogen-bond acceptors (Lipinski definition) is 7. The van der Waals surface area contributed by atoms with Crippen molar-refractivity contribution in [2.75, 3.05) is 18.6 Å². The Labute approximate surface area is 173 Å². The van der Waals surface area contributed by atoms with Crippen LogP contribution >= 0.6 is 0 Å². The van der Waals surface area contributed by atoms with E-state index in [1.54, 1.807) is 30.3 Å². The fourth-order valence-electron chi connectivity index (χ4n) is 3.73. The van der Waals surface area contributed by atoms with Gasteiger partial charge in [-0.25, -0.2) is 9.48 Å². The molecule has 0 saturated carbocycles. The highest BCUT2D eigenvalue weighted by Crippen LogP contribution is 2.46. The second-order valence-electron chi connectivity index (χ2n) is 7.58. The summed E-state index contributed by atoms with van der Waals surface area (Å²) < 4.78 is 6.67. The van der Waals surface area contributed by atoms with Crippen molar-refractivity contribution in [1.29, 1.82) is 0 Å². The molecule has 0 atom stereocenters. The van der Waals surface area contributed by atoms with Gasteiger partial charge in [-0.15, -0.1) is 5.10 Å². The third kappa shape index (κ3) is 3.47. The highest BCUT2D eigenvalue weighted by atomic mass is 16.5. The molecule has 0 saturated heterocycles. The van der Waals surface area contributed by atoms with Gasteiger partial charge in [0.1, 0.15) is 6.33 Å². The fourth-order valence-corrected chi connectivity index (χ4v) is 3.73. The van der Waals surface area contributed by atoms with Crippen LogP contribution in [0, 0.1) is 0 Å². The third-order valence-electron chi connectivity index (χ3n) is 5.28. The number of ketones is 1. The highest BCUT2D eigenvalue weighted by Gasteiger charge is 2.38. The number of hydrogen-bond donors (Lipinski definition) is 0. The normalized spacial score (nSPS) is 15.8. The van der Waals surface area contributed by atoms with Crippen LogP contribution < -0.4 is 4.90 Å². The van der Waals surface area contributed by atoms with Gasteiger partial charge in [-0.1, -0.05) is 38.1 Å². The molecule has 8 heteroatoms. The topological polar surface area (TPSA) is 90.2 Å². The average Bonchev–Trinajstić information content (AvgIpc) is 3.35. The van der Waals surface area contributed by atoms with Crippen molar-refractivity contribution in [3.63, 3.8) is 0 Å². The number of benzene rings is 2. The molecule has 0 aliphatic carbocycles. The van der Waals surface area contributed by atoms with Crippen molar-refractivity contribution in [3.05, 3.63) is 77.8 Å². The number of esters is 1. The first kappa shape index (κ1) is 19.5.